The average Bonchev–Trinajstić information content (AvgIpc) is 2.61. The second-order valence-electron chi connectivity index (χ2n) is 6.26. The zero-order chi connectivity index (χ0) is 17.2. The summed E-state index contributed by atoms with van der Waals surface area (Å²) in [5, 5.41) is 3.75. The zero-order valence-corrected chi connectivity index (χ0v) is 14.9. The van der Waals surface area contributed by atoms with Crippen LogP contribution < -0.4 is 10.1 Å². The molecule has 2 aromatic carbocycles. The summed E-state index contributed by atoms with van der Waals surface area (Å²) in [5.41, 5.74) is 1.32. The van der Waals surface area contributed by atoms with Gasteiger partial charge in [-0.15, -0.1) is 6.58 Å². The van der Waals surface area contributed by atoms with E-state index in [1.54, 1.807) is 0 Å². The molecule has 2 unspecified atom stereocenters. The Balaban J connectivity index is 2.00. The second kappa shape index (κ2) is 9.94. The molecule has 2 nitrogen and oxygen atoms in total. The predicted octanol–water partition coefficient (Wildman–Crippen LogP) is 6.26. The van der Waals surface area contributed by atoms with Crippen molar-refractivity contribution >= 4 is 0 Å². The van der Waals surface area contributed by atoms with E-state index < -0.39 is 0 Å². The van der Waals surface area contributed by atoms with E-state index in [0.717, 1.165) is 37.2 Å². The molecule has 24 heavy (non-hydrogen) atoms. The van der Waals surface area contributed by atoms with Crippen LogP contribution in [0.1, 0.15) is 51.1 Å². The second-order valence-corrected chi connectivity index (χ2v) is 6.26. The molecule has 128 valence electrons. The molecule has 0 spiro atoms. The lowest BCUT2D eigenvalue weighted by Crippen LogP contribution is -2.30. The number of allylic oxidation sites excluding steroid dienone is 1. The molecule has 0 bridgehead atoms. The van der Waals surface area contributed by atoms with Crippen molar-refractivity contribution in [2.24, 2.45) is 0 Å². The molecule has 0 aliphatic rings. The monoisotopic (exact) mass is 323 g/mol. The van der Waals surface area contributed by atoms with Crippen molar-refractivity contribution < 1.29 is 4.74 Å². The Kier molecular flexibility index (Phi) is 7.57. The molecule has 2 heteroatoms. The minimum atomic E-state index is 0.389. The summed E-state index contributed by atoms with van der Waals surface area (Å²) < 4.78 is 5.88. The molecule has 1 N–H and O–H groups in total. The summed E-state index contributed by atoms with van der Waals surface area (Å²) in [5.74, 6) is 1.74. The lowest BCUT2D eigenvalue weighted by Gasteiger charge is -2.23. The smallest absolute Gasteiger partial charge is 0.127 e. The van der Waals surface area contributed by atoms with Gasteiger partial charge in [-0.25, -0.2) is 0 Å². The van der Waals surface area contributed by atoms with E-state index in [9.17, 15) is 0 Å². The maximum Gasteiger partial charge on any atom is 0.127 e. The molecule has 2 aromatic rings. The van der Waals surface area contributed by atoms with E-state index in [-0.39, 0.29) is 0 Å². The SMILES string of the molecule is C=CCCC(C)NC(CCC)c1ccc(Oc2ccccc2)cc1. The van der Waals surface area contributed by atoms with Crippen LogP contribution in [-0.2, 0) is 0 Å². The number of para-hydroxylation sites is 1. The van der Waals surface area contributed by atoms with Crippen LogP contribution in [0.15, 0.2) is 67.3 Å². The summed E-state index contributed by atoms with van der Waals surface area (Å²) in [6, 6.07) is 19.2. The Hall–Kier alpha value is -2.06. The van der Waals surface area contributed by atoms with Gasteiger partial charge in [-0.2, -0.15) is 0 Å². The van der Waals surface area contributed by atoms with Gasteiger partial charge in [0.2, 0.25) is 0 Å². The lowest BCUT2D eigenvalue weighted by atomic mass is 10.0. The topological polar surface area (TPSA) is 21.3 Å². The van der Waals surface area contributed by atoms with Crippen molar-refractivity contribution in [3.8, 4) is 11.5 Å². The van der Waals surface area contributed by atoms with Gasteiger partial charge >= 0.3 is 0 Å². The van der Waals surface area contributed by atoms with Crippen LogP contribution in [0, 0.1) is 0 Å². The zero-order valence-electron chi connectivity index (χ0n) is 14.9. The van der Waals surface area contributed by atoms with Gasteiger partial charge in [0.25, 0.3) is 0 Å². The third-order valence-corrected chi connectivity index (χ3v) is 4.13. The van der Waals surface area contributed by atoms with Crippen LogP contribution in [0.4, 0.5) is 0 Å². The van der Waals surface area contributed by atoms with Gasteiger partial charge in [-0.3, -0.25) is 0 Å². The minimum Gasteiger partial charge on any atom is -0.457 e. The van der Waals surface area contributed by atoms with E-state index in [0.29, 0.717) is 12.1 Å². The van der Waals surface area contributed by atoms with E-state index >= 15 is 0 Å². The van der Waals surface area contributed by atoms with Crippen molar-refractivity contribution in [2.45, 2.75) is 51.6 Å². The number of hydrogen-bond donors (Lipinski definition) is 1. The molecule has 0 saturated heterocycles. The number of rotatable bonds is 10. The molecule has 0 radical (unpaired) electrons. The molecule has 0 saturated carbocycles. The van der Waals surface area contributed by atoms with E-state index in [4.69, 9.17) is 4.74 Å². The largest absolute Gasteiger partial charge is 0.457 e. The van der Waals surface area contributed by atoms with Gasteiger partial charge in [-0.1, -0.05) is 49.8 Å². The fourth-order valence-corrected chi connectivity index (χ4v) is 2.82. The first-order valence-electron chi connectivity index (χ1n) is 8.92. The standard InChI is InChI=1S/C22H29NO/c1-4-6-11-18(3)23-22(10-5-2)19-14-16-21(17-15-19)24-20-12-8-7-9-13-20/h4,7-9,12-18,22-23H,1,5-6,10-11H2,2-3H3. The van der Waals surface area contributed by atoms with Gasteiger partial charge in [0.15, 0.2) is 0 Å². The first-order valence-corrected chi connectivity index (χ1v) is 8.92. The van der Waals surface area contributed by atoms with Crippen LogP contribution in [0.5, 0.6) is 11.5 Å². The normalized spacial score (nSPS) is 13.2. The van der Waals surface area contributed by atoms with Crippen molar-refractivity contribution in [3.05, 3.63) is 72.8 Å². The number of nitrogens with one attached hydrogen (secondary N) is 1. The minimum absolute atomic E-state index is 0.389. The molecular formula is C22H29NO. The summed E-state index contributed by atoms with van der Waals surface area (Å²) in [6.45, 7) is 8.29. The molecule has 0 heterocycles. The molecule has 2 rings (SSSR count). The van der Waals surface area contributed by atoms with E-state index in [2.05, 4.69) is 50.0 Å². The molecular weight excluding hydrogens is 294 g/mol. The molecule has 0 aromatic heterocycles. The van der Waals surface area contributed by atoms with Crippen molar-refractivity contribution in [3.63, 3.8) is 0 Å². The van der Waals surface area contributed by atoms with E-state index in [1.807, 2.05) is 36.4 Å². The van der Waals surface area contributed by atoms with Gasteiger partial charge in [0, 0.05) is 12.1 Å². The van der Waals surface area contributed by atoms with Crippen molar-refractivity contribution in [2.75, 3.05) is 0 Å². The third kappa shape index (κ3) is 5.86. The fraction of sp³-hybridized carbons (Fsp3) is 0.364. The highest BCUT2D eigenvalue weighted by atomic mass is 16.5. The van der Waals surface area contributed by atoms with Crippen LogP contribution >= 0.6 is 0 Å². The highest BCUT2D eigenvalue weighted by molar-refractivity contribution is 5.34. The summed E-state index contributed by atoms with van der Waals surface area (Å²) >= 11 is 0. The Bertz CT molecular complexity index is 591. The highest BCUT2D eigenvalue weighted by Crippen LogP contribution is 2.25. The summed E-state index contributed by atoms with van der Waals surface area (Å²) in [7, 11) is 0. The molecule has 2 atom stereocenters. The van der Waals surface area contributed by atoms with Crippen LogP contribution in [0.2, 0.25) is 0 Å². The van der Waals surface area contributed by atoms with Gasteiger partial charge in [-0.05, 0) is 56.0 Å². The number of benzene rings is 2. The maximum absolute atomic E-state index is 5.88. The molecule has 0 aliphatic carbocycles. The third-order valence-electron chi connectivity index (χ3n) is 4.13. The Morgan fingerprint density at radius 2 is 1.67 bits per heavy atom. The van der Waals surface area contributed by atoms with Crippen LogP contribution in [0.3, 0.4) is 0 Å². The number of hydrogen-bond acceptors (Lipinski definition) is 2. The Morgan fingerprint density at radius 3 is 2.29 bits per heavy atom. The lowest BCUT2D eigenvalue weighted by molar-refractivity contribution is 0.415. The van der Waals surface area contributed by atoms with Crippen molar-refractivity contribution in [1.29, 1.82) is 0 Å². The number of ether oxygens (including phenoxy) is 1. The van der Waals surface area contributed by atoms with Crippen molar-refractivity contribution in [1.82, 2.24) is 5.32 Å². The Labute approximate surface area is 146 Å². The van der Waals surface area contributed by atoms with Gasteiger partial charge in [0.05, 0.1) is 0 Å². The predicted molar refractivity (Wildman–Crippen MR) is 103 cm³/mol. The van der Waals surface area contributed by atoms with Gasteiger partial charge < -0.3 is 10.1 Å². The van der Waals surface area contributed by atoms with Crippen LogP contribution in [-0.4, -0.2) is 6.04 Å². The quantitative estimate of drug-likeness (QED) is 0.521. The molecule has 0 fully saturated rings. The first kappa shape index (κ1) is 18.3. The molecule has 0 amide bonds. The highest BCUT2D eigenvalue weighted by Gasteiger charge is 2.13. The summed E-state index contributed by atoms with van der Waals surface area (Å²) in [6.07, 6.45) is 6.46. The Morgan fingerprint density at radius 1 is 1.00 bits per heavy atom. The maximum atomic E-state index is 5.88. The first-order chi connectivity index (χ1) is 11.7. The van der Waals surface area contributed by atoms with E-state index in [1.165, 1.54) is 5.56 Å². The average molecular weight is 323 g/mol. The fourth-order valence-electron chi connectivity index (χ4n) is 2.82. The van der Waals surface area contributed by atoms with Gasteiger partial charge in [0.1, 0.15) is 11.5 Å². The molecule has 0 aliphatic heterocycles. The summed E-state index contributed by atoms with van der Waals surface area (Å²) in [4.78, 5) is 0. The van der Waals surface area contributed by atoms with Crippen LogP contribution in [0.25, 0.3) is 0 Å².